The molecular weight excluding hydrogens is 240 g/mol. The van der Waals surface area contributed by atoms with Gasteiger partial charge in [0.05, 0.1) is 4.34 Å². The summed E-state index contributed by atoms with van der Waals surface area (Å²) in [5, 5.41) is 0. The van der Waals surface area contributed by atoms with Gasteiger partial charge in [-0.1, -0.05) is 24.9 Å². The quantitative estimate of drug-likeness (QED) is 0.817. The Hall–Kier alpha value is -0.0900. The molecule has 16 heavy (non-hydrogen) atoms. The number of halogens is 1. The molecule has 0 aromatic carbocycles. The predicted octanol–water partition coefficient (Wildman–Crippen LogP) is 2.86. The highest BCUT2D eigenvalue weighted by Crippen LogP contribution is 2.21. The van der Waals surface area contributed by atoms with Crippen LogP contribution in [0.25, 0.3) is 0 Å². The van der Waals surface area contributed by atoms with Crippen molar-refractivity contribution < 1.29 is 0 Å². The molecule has 0 aliphatic carbocycles. The molecule has 1 heterocycles. The summed E-state index contributed by atoms with van der Waals surface area (Å²) in [7, 11) is 2.16. The number of likely N-dealkylation sites (N-methyl/N-ethyl adjacent to an activating group) is 1. The van der Waals surface area contributed by atoms with Gasteiger partial charge in [0.15, 0.2) is 0 Å². The molecule has 0 spiro atoms. The lowest BCUT2D eigenvalue weighted by atomic mass is 10.1. The van der Waals surface area contributed by atoms with E-state index in [1.807, 2.05) is 6.07 Å². The van der Waals surface area contributed by atoms with Crippen LogP contribution in [-0.2, 0) is 6.42 Å². The highest BCUT2D eigenvalue weighted by atomic mass is 35.5. The van der Waals surface area contributed by atoms with Crippen LogP contribution in [0.15, 0.2) is 12.1 Å². The Kier molecular flexibility index (Phi) is 6.36. The van der Waals surface area contributed by atoms with Crippen molar-refractivity contribution in [1.29, 1.82) is 0 Å². The molecule has 0 fully saturated rings. The van der Waals surface area contributed by atoms with E-state index in [9.17, 15) is 0 Å². The standard InChI is InChI=1S/C12H21ClN2S/c1-3-10(8-14)9-15(2)7-6-11-4-5-12(13)16-11/h4-5,10H,3,6-9,14H2,1-2H3. The maximum absolute atomic E-state index is 5.89. The van der Waals surface area contributed by atoms with Gasteiger partial charge in [-0.25, -0.2) is 0 Å². The molecular formula is C12H21ClN2S. The Labute approximate surface area is 107 Å². The Morgan fingerprint density at radius 1 is 1.50 bits per heavy atom. The third kappa shape index (κ3) is 4.83. The minimum absolute atomic E-state index is 0.622. The Bertz CT molecular complexity index is 297. The van der Waals surface area contributed by atoms with E-state index in [0.717, 1.165) is 36.8 Å². The van der Waals surface area contributed by atoms with Crippen molar-refractivity contribution >= 4 is 22.9 Å². The number of hydrogen-bond donors (Lipinski definition) is 1. The Balaban J connectivity index is 2.26. The Morgan fingerprint density at radius 2 is 2.25 bits per heavy atom. The fourth-order valence-corrected chi connectivity index (χ4v) is 2.77. The largest absolute Gasteiger partial charge is 0.330 e. The van der Waals surface area contributed by atoms with Crippen LogP contribution >= 0.6 is 22.9 Å². The topological polar surface area (TPSA) is 29.3 Å². The van der Waals surface area contributed by atoms with Gasteiger partial charge in [0, 0.05) is 18.0 Å². The van der Waals surface area contributed by atoms with E-state index >= 15 is 0 Å². The zero-order valence-corrected chi connectivity index (χ0v) is 11.7. The summed E-state index contributed by atoms with van der Waals surface area (Å²) in [6, 6.07) is 4.08. The van der Waals surface area contributed by atoms with Gasteiger partial charge in [-0.3, -0.25) is 0 Å². The molecule has 0 aliphatic rings. The van der Waals surface area contributed by atoms with Crippen molar-refractivity contribution in [3.63, 3.8) is 0 Å². The van der Waals surface area contributed by atoms with Crippen LogP contribution < -0.4 is 5.73 Å². The van der Waals surface area contributed by atoms with Gasteiger partial charge >= 0.3 is 0 Å². The summed E-state index contributed by atoms with van der Waals surface area (Å²) in [6.45, 7) is 5.15. The van der Waals surface area contributed by atoms with Gasteiger partial charge in [0.1, 0.15) is 0 Å². The molecule has 92 valence electrons. The highest BCUT2D eigenvalue weighted by Gasteiger charge is 2.08. The molecule has 0 radical (unpaired) electrons. The number of nitrogens with two attached hydrogens (primary N) is 1. The molecule has 0 saturated carbocycles. The van der Waals surface area contributed by atoms with Crippen LogP contribution in [0.2, 0.25) is 4.34 Å². The average molecular weight is 261 g/mol. The molecule has 1 rings (SSSR count). The van der Waals surface area contributed by atoms with Crippen molar-refractivity contribution in [2.75, 3.05) is 26.7 Å². The molecule has 4 heteroatoms. The smallest absolute Gasteiger partial charge is 0.0931 e. The minimum Gasteiger partial charge on any atom is -0.330 e. The zero-order chi connectivity index (χ0) is 12.0. The van der Waals surface area contributed by atoms with Crippen molar-refractivity contribution in [2.24, 2.45) is 11.7 Å². The van der Waals surface area contributed by atoms with Crippen molar-refractivity contribution in [3.8, 4) is 0 Å². The minimum atomic E-state index is 0.622. The first-order valence-corrected chi connectivity index (χ1v) is 6.98. The normalized spacial score (nSPS) is 13.3. The monoisotopic (exact) mass is 260 g/mol. The number of nitrogens with zero attached hydrogens (tertiary/aromatic N) is 1. The van der Waals surface area contributed by atoms with Gasteiger partial charge in [-0.2, -0.15) is 0 Å². The third-order valence-electron chi connectivity index (χ3n) is 2.85. The van der Waals surface area contributed by atoms with E-state index in [1.165, 1.54) is 4.88 Å². The predicted molar refractivity (Wildman–Crippen MR) is 73.4 cm³/mol. The van der Waals surface area contributed by atoms with E-state index in [-0.39, 0.29) is 0 Å². The van der Waals surface area contributed by atoms with E-state index in [2.05, 4.69) is 24.9 Å². The van der Waals surface area contributed by atoms with Crippen LogP contribution in [0, 0.1) is 5.92 Å². The molecule has 0 saturated heterocycles. The van der Waals surface area contributed by atoms with Gasteiger partial charge in [0.2, 0.25) is 0 Å². The Morgan fingerprint density at radius 3 is 2.75 bits per heavy atom. The maximum Gasteiger partial charge on any atom is 0.0931 e. The highest BCUT2D eigenvalue weighted by molar-refractivity contribution is 7.16. The lowest BCUT2D eigenvalue weighted by Crippen LogP contribution is -2.31. The molecule has 0 amide bonds. The van der Waals surface area contributed by atoms with Gasteiger partial charge in [-0.05, 0) is 38.1 Å². The van der Waals surface area contributed by atoms with Crippen LogP contribution in [0.4, 0.5) is 0 Å². The molecule has 2 nitrogen and oxygen atoms in total. The summed E-state index contributed by atoms with van der Waals surface area (Å²) in [5.41, 5.74) is 5.70. The van der Waals surface area contributed by atoms with Gasteiger partial charge < -0.3 is 10.6 Å². The second-order valence-electron chi connectivity index (χ2n) is 4.23. The SMILES string of the molecule is CCC(CN)CN(C)CCc1ccc(Cl)s1. The second kappa shape index (κ2) is 7.28. The summed E-state index contributed by atoms with van der Waals surface area (Å²) < 4.78 is 0.881. The van der Waals surface area contributed by atoms with E-state index < -0.39 is 0 Å². The molecule has 1 unspecified atom stereocenters. The average Bonchev–Trinajstić information content (AvgIpc) is 2.69. The second-order valence-corrected chi connectivity index (χ2v) is 6.03. The van der Waals surface area contributed by atoms with Crippen LogP contribution in [0.3, 0.4) is 0 Å². The summed E-state index contributed by atoms with van der Waals surface area (Å²) in [4.78, 5) is 3.71. The molecule has 1 atom stereocenters. The van der Waals surface area contributed by atoms with Crippen LogP contribution in [0.1, 0.15) is 18.2 Å². The van der Waals surface area contributed by atoms with Crippen LogP contribution in [-0.4, -0.2) is 31.6 Å². The van der Waals surface area contributed by atoms with Crippen molar-refractivity contribution in [3.05, 3.63) is 21.3 Å². The zero-order valence-electron chi connectivity index (χ0n) is 10.1. The lowest BCUT2D eigenvalue weighted by Gasteiger charge is -2.21. The van der Waals surface area contributed by atoms with Crippen molar-refractivity contribution in [1.82, 2.24) is 4.90 Å². The molecule has 1 aromatic heterocycles. The first kappa shape index (κ1) is 14.0. The summed E-state index contributed by atoms with van der Waals surface area (Å²) in [6.07, 6.45) is 2.24. The molecule has 0 bridgehead atoms. The molecule has 1 aromatic rings. The van der Waals surface area contributed by atoms with Gasteiger partial charge in [-0.15, -0.1) is 11.3 Å². The number of thiophene rings is 1. The fraction of sp³-hybridized carbons (Fsp3) is 0.667. The third-order valence-corrected chi connectivity index (χ3v) is 4.14. The van der Waals surface area contributed by atoms with Crippen molar-refractivity contribution in [2.45, 2.75) is 19.8 Å². The lowest BCUT2D eigenvalue weighted by molar-refractivity contribution is 0.278. The fourth-order valence-electron chi connectivity index (χ4n) is 1.69. The summed E-state index contributed by atoms with van der Waals surface area (Å²) in [5.74, 6) is 0.622. The maximum atomic E-state index is 5.89. The number of hydrogen-bond acceptors (Lipinski definition) is 3. The molecule has 2 N–H and O–H groups in total. The van der Waals surface area contributed by atoms with Crippen LogP contribution in [0.5, 0.6) is 0 Å². The van der Waals surface area contributed by atoms with E-state index in [0.29, 0.717) is 5.92 Å². The van der Waals surface area contributed by atoms with Gasteiger partial charge in [0.25, 0.3) is 0 Å². The van der Waals surface area contributed by atoms with E-state index in [4.69, 9.17) is 17.3 Å². The molecule has 0 aliphatic heterocycles. The first-order valence-electron chi connectivity index (χ1n) is 5.78. The first-order chi connectivity index (χ1) is 7.65. The number of rotatable bonds is 7. The summed E-state index contributed by atoms with van der Waals surface area (Å²) >= 11 is 7.57. The van der Waals surface area contributed by atoms with E-state index in [1.54, 1.807) is 11.3 Å².